The number of thiazole rings is 1. The zero-order valence-corrected chi connectivity index (χ0v) is 18.8. The van der Waals surface area contributed by atoms with Crippen molar-refractivity contribution in [2.24, 2.45) is 0 Å². The molecule has 0 radical (unpaired) electrons. The highest BCUT2D eigenvalue weighted by Crippen LogP contribution is 2.31. The average molecular weight is 425 g/mol. The molecule has 5 nitrogen and oxygen atoms in total. The molecule has 0 saturated carbocycles. The average Bonchev–Trinajstić information content (AvgIpc) is 3.07. The van der Waals surface area contributed by atoms with Crippen molar-refractivity contribution in [2.45, 2.75) is 40.5 Å². The van der Waals surface area contributed by atoms with E-state index in [0.29, 0.717) is 31.2 Å². The lowest BCUT2D eigenvalue weighted by Gasteiger charge is -2.09. The van der Waals surface area contributed by atoms with Gasteiger partial charge in [0.2, 0.25) is 5.91 Å². The third-order valence-corrected chi connectivity index (χ3v) is 5.50. The molecule has 2 aromatic carbocycles. The molecule has 3 rings (SSSR count). The van der Waals surface area contributed by atoms with Gasteiger partial charge in [0.25, 0.3) is 0 Å². The summed E-state index contributed by atoms with van der Waals surface area (Å²) in [6.07, 6.45) is 1.04. The molecule has 0 aliphatic rings. The van der Waals surface area contributed by atoms with Gasteiger partial charge in [0.1, 0.15) is 11.5 Å². The number of aromatic nitrogens is 1. The van der Waals surface area contributed by atoms with Crippen LogP contribution in [0.4, 0.5) is 5.13 Å². The Kier molecular flexibility index (Phi) is 7.46. The molecule has 1 aromatic heterocycles. The number of ether oxygens (including phenoxy) is 2. The first-order valence-electron chi connectivity index (χ1n) is 10.2. The second-order valence-electron chi connectivity index (χ2n) is 7.15. The molecular formula is C24H28N2O3S. The van der Waals surface area contributed by atoms with Crippen LogP contribution in [0.15, 0.2) is 42.5 Å². The Morgan fingerprint density at radius 2 is 1.83 bits per heavy atom. The molecule has 1 amide bonds. The number of rotatable bonds is 9. The van der Waals surface area contributed by atoms with Crippen LogP contribution in [0.5, 0.6) is 11.5 Å². The fourth-order valence-corrected chi connectivity index (χ4v) is 4.00. The number of hydrogen-bond donors (Lipinski definition) is 1. The topological polar surface area (TPSA) is 60.5 Å². The van der Waals surface area contributed by atoms with Gasteiger partial charge >= 0.3 is 0 Å². The quantitative estimate of drug-likeness (QED) is 0.432. The number of nitrogens with zero attached hydrogens (tertiary/aromatic N) is 1. The first-order chi connectivity index (χ1) is 14.5. The monoisotopic (exact) mass is 424 g/mol. The second-order valence-corrected chi connectivity index (χ2v) is 8.35. The molecular weight excluding hydrogens is 396 g/mol. The number of anilines is 1. The molecule has 0 unspecified atom stereocenters. The Bertz CT molecular complexity index is 996. The van der Waals surface area contributed by atoms with Crippen LogP contribution in [-0.2, 0) is 4.79 Å². The van der Waals surface area contributed by atoms with E-state index in [1.807, 2.05) is 57.2 Å². The standard InChI is InChI=1S/C24H28N2O3S/c1-5-28-20-11-9-19(10-12-20)23-18(4)30-24(26-23)25-22(27)7-6-14-29-21-13-8-16(2)15-17(21)3/h8-13,15H,5-7,14H2,1-4H3,(H,25,26,27). The van der Waals surface area contributed by atoms with Gasteiger partial charge in [-0.25, -0.2) is 4.98 Å². The molecule has 1 heterocycles. The number of carbonyl (C=O) groups excluding carboxylic acids is 1. The van der Waals surface area contributed by atoms with Crippen LogP contribution >= 0.6 is 11.3 Å². The lowest BCUT2D eigenvalue weighted by Crippen LogP contribution is -2.12. The Morgan fingerprint density at radius 3 is 2.53 bits per heavy atom. The lowest BCUT2D eigenvalue weighted by molar-refractivity contribution is -0.116. The smallest absolute Gasteiger partial charge is 0.226 e. The molecule has 0 spiro atoms. The van der Waals surface area contributed by atoms with E-state index in [0.717, 1.165) is 33.2 Å². The molecule has 6 heteroatoms. The summed E-state index contributed by atoms with van der Waals surface area (Å²) in [6.45, 7) is 9.21. The van der Waals surface area contributed by atoms with Gasteiger partial charge < -0.3 is 14.8 Å². The minimum absolute atomic E-state index is 0.0498. The largest absolute Gasteiger partial charge is 0.494 e. The maximum Gasteiger partial charge on any atom is 0.226 e. The van der Waals surface area contributed by atoms with Crippen molar-refractivity contribution in [1.82, 2.24) is 4.98 Å². The minimum atomic E-state index is -0.0498. The number of hydrogen-bond acceptors (Lipinski definition) is 5. The summed E-state index contributed by atoms with van der Waals surface area (Å²) in [4.78, 5) is 18.0. The molecule has 0 aliphatic heterocycles. The lowest BCUT2D eigenvalue weighted by atomic mass is 10.1. The van der Waals surface area contributed by atoms with Gasteiger partial charge in [-0.3, -0.25) is 4.79 Å². The summed E-state index contributed by atoms with van der Waals surface area (Å²) in [5.41, 5.74) is 4.22. The van der Waals surface area contributed by atoms with Crippen LogP contribution in [0.25, 0.3) is 11.3 Å². The highest BCUT2D eigenvalue weighted by Gasteiger charge is 2.12. The first-order valence-corrected chi connectivity index (χ1v) is 11.0. The maximum atomic E-state index is 12.3. The third kappa shape index (κ3) is 5.83. The van der Waals surface area contributed by atoms with Crippen LogP contribution in [0.3, 0.4) is 0 Å². The van der Waals surface area contributed by atoms with Crippen molar-refractivity contribution >= 4 is 22.4 Å². The first kappa shape index (κ1) is 21.8. The Labute approximate surface area is 182 Å². The molecule has 0 fully saturated rings. The predicted molar refractivity (Wildman–Crippen MR) is 123 cm³/mol. The van der Waals surface area contributed by atoms with E-state index in [9.17, 15) is 4.79 Å². The molecule has 0 saturated heterocycles. The summed E-state index contributed by atoms with van der Waals surface area (Å²) >= 11 is 1.49. The van der Waals surface area contributed by atoms with E-state index in [2.05, 4.69) is 23.3 Å². The van der Waals surface area contributed by atoms with Crippen molar-refractivity contribution in [2.75, 3.05) is 18.5 Å². The third-order valence-electron chi connectivity index (χ3n) is 4.62. The number of aryl methyl sites for hydroxylation is 3. The van der Waals surface area contributed by atoms with Crippen LogP contribution in [0, 0.1) is 20.8 Å². The van der Waals surface area contributed by atoms with E-state index in [1.165, 1.54) is 16.9 Å². The molecule has 3 aromatic rings. The van der Waals surface area contributed by atoms with Gasteiger partial charge in [-0.2, -0.15) is 0 Å². The number of nitrogens with one attached hydrogen (secondary N) is 1. The van der Waals surface area contributed by atoms with E-state index >= 15 is 0 Å². The fraction of sp³-hybridized carbons (Fsp3) is 0.333. The van der Waals surface area contributed by atoms with Crippen molar-refractivity contribution in [3.8, 4) is 22.8 Å². The summed E-state index contributed by atoms with van der Waals surface area (Å²) in [5.74, 6) is 1.66. The Morgan fingerprint density at radius 1 is 1.07 bits per heavy atom. The summed E-state index contributed by atoms with van der Waals surface area (Å²) < 4.78 is 11.3. The molecule has 0 atom stereocenters. The SMILES string of the molecule is CCOc1ccc(-c2nc(NC(=O)CCCOc3ccc(C)cc3C)sc2C)cc1. The molecule has 30 heavy (non-hydrogen) atoms. The zero-order chi connectivity index (χ0) is 21.5. The zero-order valence-electron chi connectivity index (χ0n) is 18.0. The summed E-state index contributed by atoms with van der Waals surface area (Å²) in [7, 11) is 0. The van der Waals surface area contributed by atoms with Crippen molar-refractivity contribution < 1.29 is 14.3 Å². The van der Waals surface area contributed by atoms with E-state index < -0.39 is 0 Å². The minimum Gasteiger partial charge on any atom is -0.494 e. The Hall–Kier alpha value is -2.86. The molecule has 0 bridgehead atoms. The second kappa shape index (κ2) is 10.3. The van der Waals surface area contributed by atoms with Crippen LogP contribution < -0.4 is 14.8 Å². The molecule has 0 aliphatic carbocycles. The number of amides is 1. The summed E-state index contributed by atoms with van der Waals surface area (Å²) in [5, 5.41) is 3.53. The van der Waals surface area contributed by atoms with Crippen molar-refractivity contribution in [3.63, 3.8) is 0 Å². The summed E-state index contributed by atoms with van der Waals surface area (Å²) in [6, 6.07) is 13.9. The highest BCUT2D eigenvalue weighted by atomic mass is 32.1. The van der Waals surface area contributed by atoms with E-state index in [4.69, 9.17) is 9.47 Å². The highest BCUT2D eigenvalue weighted by molar-refractivity contribution is 7.16. The van der Waals surface area contributed by atoms with Gasteiger partial charge in [-0.15, -0.1) is 11.3 Å². The van der Waals surface area contributed by atoms with Gasteiger partial charge in [-0.05, 0) is 70.0 Å². The van der Waals surface area contributed by atoms with Crippen LogP contribution in [-0.4, -0.2) is 24.1 Å². The Balaban J connectivity index is 1.50. The van der Waals surface area contributed by atoms with Gasteiger partial charge in [-0.1, -0.05) is 17.7 Å². The molecule has 1 N–H and O–H groups in total. The van der Waals surface area contributed by atoms with Gasteiger partial charge in [0.15, 0.2) is 5.13 Å². The van der Waals surface area contributed by atoms with Crippen LogP contribution in [0.2, 0.25) is 0 Å². The maximum absolute atomic E-state index is 12.3. The van der Waals surface area contributed by atoms with E-state index in [-0.39, 0.29) is 5.91 Å². The van der Waals surface area contributed by atoms with Crippen LogP contribution in [0.1, 0.15) is 35.8 Å². The van der Waals surface area contributed by atoms with Crippen molar-refractivity contribution in [3.05, 3.63) is 58.5 Å². The van der Waals surface area contributed by atoms with Gasteiger partial charge in [0.05, 0.1) is 18.9 Å². The van der Waals surface area contributed by atoms with Gasteiger partial charge in [0, 0.05) is 16.9 Å². The predicted octanol–water partition coefficient (Wildman–Crippen LogP) is 5.93. The van der Waals surface area contributed by atoms with E-state index in [1.54, 1.807) is 0 Å². The molecule has 158 valence electrons. The fourth-order valence-electron chi connectivity index (χ4n) is 3.15. The van der Waals surface area contributed by atoms with Crippen molar-refractivity contribution in [1.29, 1.82) is 0 Å². The normalized spacial score (nSPS) is 10.7. The number of carbonyl (C=O) groups is 1. The number of benzene rings is 2.